The molecule has 1 aliphatic rings. The van der Waals surface area contributed by atoms with Crippen LogP contribution in [0.3, 0.4) is 0 Å². The molecule has 2 atom stereocenters. The highest BCUT2D eigenvalue weighted by molar-refractivity contribution is 5.90. The number of aliphatic hydroxyl groups is 1. The predicted molar refractivity (Wildman–Crippen MR) is 118 cm³/mol. The average molecular weight is 440 g/mol. The molecule has 0 radical (unpaired) electrons. The number of alkyl carbamates (subject to hydrolysis) is 1. The number of hydrogen-bond donors (Lipinski definition) is 4. The third kappa shape index (κ3) is 4.91. The number of carboxylic acids is 1. The minimum Gasteiger partial charge on any atom is -0.480 e. The molecule has 8 heteroatoms. The van der Waals surface area contributed by atoms with Crippen LogP contribution in [0.4, 0.5) is 4.79 Å². The van der Waals surface area contributed by atoms with Crippen molar-refractivity contribution in [3.63, 3.8) is 0 Å². The van der Waals surface area contributed by atoms with Gasteiger partial charge in [-0.2, -0.15) is 0 Å². The zero-order valence-electron chi connectivity index (χ0n) is 18.3. The van der Waals surface area contributed by atoms with Crippen LogP contribution in [0.25, 0.3) is 11.1 Å². The fourth-order valence-electron chi connectivity index (χ4n) is 3.87. The molecule has 0 aromatic heterocycles. The smallest absolute Gasteiger partial charge is 0.407 e. The molecule has 2 amide bonds. The second-order valence-electron chi connectivity index (χ2n) is 8.85. The Labute approximate surface area is 186 Å². The van der Waals surface area contributed by atoms with Gasteiger partial charge in [-0.1, -0.05) is 69.3 Å². The number of fused-ring (bicyclic) bond motifs is 3. The molecule has 0 heterocycles. The molecule has 170 valence electrons. The Hall–Kier alpha value is -3.39. The van der Waals surface area contributed by atoms with Gasteiger partial charge >= 0.3 is 12.1 Å². The van der Waals surface area contributed by atoms with Gasteiger partial charge < -0.3 is 25.6 Å². The number of aliphatic carboxylic acids is 1. The third-order valence-electron chi connectivity index (χ3n) is 5.53. The van der Waals surface area contributed by atoms with Crippen molar-refractivity contribution in [3.8, 4) is 11.1 Å². The molecule has 8 nitrogen and oxygen atoms in total. The first-order valence-electron chi connectivity index (χ1n) is 10.4. The second kappa shape index (κ2) is 9.40. The van der Waals surface area contributed by atoms with Gasteiger partial charge in [0.25, 0.3) is 0 Å². The molecule has 32 heavy (non-hydrogen) atoms. The number of amides is 2. The summed E-state index contributed by atoms with van der Waals surface area (Å²) in [5, 5.41) is 23.0. The lowest BCUT2D eigenvalue weighted by Gasteiger charge is -2.31. The van der Waals surface area contributed by atoms with Crippen LogP contribution in [0, 0.1) is 5.41 Å². The van der Waals surface area contributed by atoms with E-state index in [1.165, 1.54) is 0 Å². The lowest BCUT2D eigenvalue weighted by molar-refractivity contribution is -0.143. The minimum absolute atomic E-state index is 0.0900. The fourth-order valence-corrected chi connectivity index (χ4v) is 3.87. The Morgan fingerprint density at radius 2 is 1.50 bits per heavy atom. The van der Waals surface area contributed by atoms with E-state index in [-0.39, 0.29) is 12.5 Å². The summed E-state index contributed by atoms with van der Waals surface area (Å²) >= 11 is 0. The molecule has 4 N–H and O–H groups in total. The van der Waals surface area contributed by atoms with E-state index in [1.807, 2.05) is 48.5 Å². The number of nitrogens with one attached hydrogen (secondary N) is 2. The van der Waals surface area contributed by atoms with Crippen molar-refractivity contribution in [1.29, 1.82) is 0 Å². The number of aliphatic hydroxyl groups excluding tert-OH is 1. The zero-order valence-corrected chi connectivity index (χ0v) is 18.3. The van der Waals surface area contributed by atoms with E-state index in [0.29, 0.717) is 0 Å². The first kappa shape index (κ1) is 23.3. The highest BCUT2D eigenvalue weighted by atomic mass is 16.5. The second-order valence-corrected chi connectivity index (χ2v) is 8.85. The molecule has 0 spiro atoms. The molecule has 2 aromatic carbocycles. The number of ether oxygens (including phenoxy) is 1. The molecule has 0 saturated heterocycles. The molecule has 0 bridgehead atoms. The predicted octanol–water partition coefficient (Wildman–Crippen LogP) is 2.50. The van der Waals surface area contributed by atoms with Crippen LogP contribution in [-0.2, 0) is 14.3 Å². The van der Waals surface area contributed by atoms with Gasteiger partial charge in [0.15, 0.2) is 0 Å². The average Bonchev–Trinajstić information content (AvgIpc) is 3.07. The summed E-state index contributed by atoms with van der Waals surface area (Å²) in [5.74, 6) is -2.21. The Morgan fingerprint density at radius 1 is 0.969 bits per heavy atom. The van der Waals surface area contributed by atoms with Crippen molar-refractivity contribution < 1.29 is 29.3 Å². The normalized spacial score (nSPS) is 14.6. The summed E-state index contributed by atoms with van der Waals surface area (Å²) in [6, 6.07) is 13.4. The maximum Gasteiger partial charge on any atom is 0.407 e. The molecule has 1 aliphatic carbocycles. The maximum atomic E-state index is 12.6. The molecule has 3 rings (SSSR count). The third-order valence-corrected chi connectivity index (χ3v) is 5.53. The van der Waals surface area contributed by atoms with Gasteiger partial charge in [0.2, 0.25) is 5.91 Å². The van der Waals surface area contributed by atoms with Crippen molar-refractivity contribution in [2.75, 3.05) is 13.2 Å². The fraction of sp³-hybridized carbons (Fsp3) is 0.375. The lowest BCUT2D eigenvalue weighted by atomic mass is 9.86. The van der Waals surface area contributed by atoms with Gasteiger partial charge in [0.05, 0.1) is 6.61 Å². The summed E-state index contributed by atoms with van der Waals surface area (Å²) in [4.78, 5) is 36.4. The number of carbonyl (C=O) groups is 3. The summed E-state index contributed by atoms with van der Waals surface area (Å²) in [6.07, 6.45) is -0.780. The standard InChI is InChI=1S/C24H28N2O6/c1-24(2,3)20(21(28)25-19(12-27)22(29)30)26-23(31)32-13-18-16-10-6-4-8-14(16)15-9-5-7-11-17(15)18/h4-11,18-20,27H,12-13H2,1-3H3,(H,25,28)(H,26,31)(H,29,30)/t19?,20-/m0/s1. The van der Waals surface area contributed by atoms with Crippen molar-refractivity contribution >= 4 is 18.0 Å². The molecular formula is C24H28N2O6. The van der Waals surface area contributed by atoms with E-state index in [0.717, 1.165) is 22.3 Å². The quantitative estimate of drug-likeness (QED) is 0.524. The largest absolute Gasteiger partial charge is 0.480 e. The van der Waals surface area contributed by atoms with Gasteiger partial charge in [-0.3, -0.25) is 4.79 Å². The van der Waals surface area contributed by atoms with E-state index < -0.39 is 42.1 Å². The Morgan fingerprint density at radius 3 is 1.97 bits per heavy atom. The number of carboxylic acid groups (broad SMARTS) is 1. The first-order valence-corrected chi connectivity index (χ1v) is 10.4. The summed E-state index contributed by atoms with van der Waals surface area (Å²) in [5.41, 5.74) is 3.62. The molecule has 2 aromatic rings. The van der Waals surface area contributed by atoms with Crippen LogP contribution in [0.15, 0.2) is 48.5 Å². The van der Waals surface area contributed by atoms with Gasteiger partial charge in [-0.15, -0.1) is 0 Å². The van der Waals surface area contributed by atoms with E-state index in [4.69, 9.17) is 14.9 Å². The van der Waals surface area contributed by atoms with E-state index >= 15 is 0 Å². The number of rotatable bonds is 7. The van der Waals surface area contributed by atoms with Crippen molar-refractivity contribution in [2.24, 2.45) is 5.41 Å². The van der Waals surface area contributed by atoms with Crippen LogP contribution in [0.2, 0.25) is 0 Å². The van der Waals surface area contributed by atoms with Crippen LogP contribution in [0.5, 0.6) is 0 Å². The first-order chi connectivity index (χ1) is 15.1. The summed E-state index contributed by atoms with van der Waals surface area (Å²) in [7, 11) is 0. The molecule has 0 fully saturated rings. The highest BCUT2D eigenvalue weighted by Crippen LogP contribution is 2.44. The van der Waals surface area contributed by atoms with Gasteiger partial charge in [0, 0.05) is 5.92 Å². The van der Waals surface area contributed by atoms with Crippen LogP contribution in [-0.4, -0.2) is 53.5 Å². The topological polar surface area (TPSA) is 125 Å². The minimum atomic E-state index is -1.46. The van der Waals surface area contributed by atoms with Crippen LogP contribution < -0.4 is 10.6 Å². The van der Waals surface area contributed by atoms with E-state index in [1.54, 1.807) is 20.8 Å². The SMILES string of the molecule is CC(C)(C)[C@@H](NC(=O)OCC1c2ccccc2-c2ccccc21)C(=O)NC(CO)C(=O)O. The van der Waals surface area contributed by atoms with Gasteiger partial charge in [0.1, 0.15) is 18.7 Å². The van der Waals surface area contributed by atoms with Gasteiger partial charge in [-0.25, -0.2) is 9.59 Å². The van der Waals surface area contributed by atoms with E-state index in [2.05, 4.69) is 10.6 Å². The molecular weight excluding hydrogens is 412 g/mol. The summed E-state index contributed by atoms with van der Waals surface area (Å²) < 4.78 is 5.50. The van der Waals surface area contributed by atoms with Crippen molar-refractivity contribution in [2.45, 2.75) is 38.8 Å². The molecule has 0 aliphatic heterocycles. The van der Waals surface area contributed by atoms with Crippen LogP contribution in [0.1, 0.15) is 37.8 Å². The molecule has 1 unspecified atom stereocenters. The summed E-state index contributed by atoms with van der Waals surface area (Å²) in [6.45, 7) is 4.52. The Bertz CT molecular complexity index is 968. The van der Waals surface area contributed by atoms with Crippen molar-refractivity contribution in [1.82, 2.24) is 10.6 Å². The number of carbonyl (C=O) groups excluding carboxylic acids is 2. The Balaban J connectivity index is 1.70. The Kier molecular flexibility index (Phi) is 6.84. The van der Waals surface area contributed by atoms with Crippen molar-refractivity contribution in [3.05, 3.63) is 59.7 Å². The van der Waals surface area contributed by atoms with Gasteiger partial charge in [-0.05, 0) is 27.7 Å². The highest BCUT2D eigenvalue weighted by Gasteiger charge is 2.36. The monoisotopic (exact) mass is 440 g/mol. The van der Waals surface area contributed by atoms with E-state index in [9.17, 15) is 14.4 Å². The zero-order chi connectivity index (χ0) is 23.5. The maximum absolute atomic E-state index is 12.6. The number of benzene rings is 2. The molecule has 0 saturated carbocycles. The van der Waals surface area contributed by atoms with Crippen LogP contribution >= 0.6 is 0 Å². The lowest BCUT2D eigenvalue weighted by Crippen LogP contribution is -2.57. The number of hydrogen-bond acceptors (Lipinski definition) is 5.